The van der Waals surface area contributed by atoms with Gasteiger partial charge in [0.15, 0.2) is 9.84 Å². The SMILES string of the molecule is CS(=O)(=O)c1cn[nH]c1[C@H]1CCCN(Cc2ccccc2OCc2ccccn2)C1. The summed E-state index contributed by atoms with van der Waals surface area (Å²) in [5, 5.41) is 6.92. The Balaban J connectivity index is 1.45. The molecule has 1 aliphatic heterocycles. The zero-order valence-electron chi connectivity index (χ0n) is 17.0. The molecule has 2 aromatic heterocycles. The summed E-state index contributed by atoms with van der Waals surface area (Å²) in [6.07, 6.45) is 6.36. The lowest BCUT2D eigenvalue weighted by molar-refractivity contribution is 0.193. The van der Waals surface area contributed by atoms with Crippen LogP contribution >= 0.6 is 0 Å². The molecule has 0 unspecified atom stereocenters. The summed E-state index contributed by atoms with van der Waals surface area (Å²) in [6.45, 7) is 2.91. The molecule has 3 heterocycles. The first-order valence-electron chi connectivity index (χ1n) is 10.1. The van der Waals surface area contributed by atoms with Crippen LogP contribution in [0.5, 0.6) is 5.75 Å². The molecule has 7 nitrogen and oxygen atoms in total. The van der Waals surface area contributed by atoms with E-state index in [1.165, 1.54) is 12.5 Å². The molecule has 4 rings (SSSR count). The molecule has 0 aliphatic carbocycles. The van der Waals surface area contributed by atoms with Gasteiger partial charge in [-0.2, -0.15) is 5.10 Å². The van der Waals surface area contributed by atoms with Crippen molar-refractivity contribution in [3.63, 3.8) is 0 Å². The molecular formula is C22H26N4O3S. The van der Waals surface area contributed by atoms with E-state index in [1.54, 1.807) is 6.20 Å². The number of sulfone groups is 1. The number of hydrogen-bond donors (Lipinski definition) is 1. The van der Waals surface area contributed by atoms with Crippen LogP contribution in [0, 0.1) is 0 Å². The predicted octanol–water partition coefficient (Wildman–Crippen LogP) is 3.17. The highest BCUT2D eigenvalue weighted by molar-refractivity contribution is 7.90. The molecule has 30 heavy (non-hydrogen) atoms. The Kier molecular flexibility index (Phi) is 6.15. The van der Waals surface area contributed by atoms with Crippen LogP contribution in [0.2, 0.25) is 0 Å². The molecule has 8 heteroatoms. The van der Waals surface area contributed by atoms with Crippen molar-refractivity contribution in [2.75, 3.05) is 19.3 Å². The van der Waals surface area contributed by atoms with Gasteiger partial charge in [0.25, 0.3) is 0 Å². The highest BCUT2D eigenvalue weighted by Gasteiger charge is 2.28. The number of benzene rings is 1. The summed E-state index contributed by atoms with van der Waals surface area (Å²) < 4.78 is 30.2. The number of piperidine rings is 1. The van der Waals surface area contributed by atoms with Crippen LogP contribution in [0.1, 0.15) is 35.7 Å². The number of para-hydroxylation sites is 1. The summed E-state index contributed by atoms with van der Waals surface area (Å²) >= 11 is 0. The zero-order chi connectivity index (χ0) is 21.0. The summed E-state index contributed by atoms with van der Waals surface area (Å²) in [7, 11) is -3.29. The lowest BCUT2D eigenvalue weighted by Crippen LogP contribution is -2.34. The Hall–Kier alpha value is -2.71. The predicted molar refractivity (Wildman–Crippen MR) is 114 cm³/mol. The minimum atomic E-state index is -3.29. The molecule has 1 N–H and O–H groups in total. The first-order valence-corrected chi connectivity index (χ1v) is 12.0. The van der Waals surface area contributed by atoms with Crippen molar-refractivity contribution < 1.29 is 13.2 Å². The fraction of sp³-hybridized carbons (Fsp3) is 0.364. The number of aromatic amines is 1. The molecule has 1 aliphatic rings. The summed E-state index contributed by atoms with van der Waals surface area (Å²) in [5.41, 5.74) is 2.72. The fourth-order valence-corrected chi connectivity index (χ4v) is 4.82. The first kappa shape index (κ1) is 20.6. The van der Waals surface area contributed by atoms with E-state index in [1.807, 2.05) is 36.4 Å². The maximum atomic E-state index is 12.1. The van der Waals surface area contributed by atoms with Crippen LogP contribution in [-0.2, 0) is 23.0 Å². The van der Waals surface area contributed by atoms with Gasteiger partial charge in [-0.3, -0.25) is 15.0 Å². The molecule has 0 amide bonds. The van der Waals surface area contributed by atoms with Crippen molar-refractivity contribution in [3.8, 4) is 5.75 Å². The van der Waals surface area contributed by atoms with Gasteiger partial charge in [0.05, 0.1) is 17.6 Å². The summed E-state index contributed by atoms with van der Waals surface area (Å²) in [6, 6.07) is 13.8. The van der Waals surface area contributed by atoms with Crippen molar-refractivity contribution in [2.24, 2.45) is 0 Å². The number of H-pyrrole nitrogens is 1. The van der Waals surface area contributed by atoms with E-state index in [-0.39, 0.29) is 5.92 Å². The second kappa shape index (κ2) is 8.97. The number of likely N-dealkylation sites (tertiary alicyclic amines) is 1. The van der Waals surface area contributed by atoms with Gasteiger partial charge in [-0.25, -0.2) is 8.42 Å². The van der Waals surface area contributed by atoms with Gasteiger partial charge in [-0.05, 0) is 37.6 Å². The van der Waals surface area contributed by atoms with Crippen LogP contribution in [-0.4, -0.2) is 47.8 Å². The second-order valence-corrected chi connectivity index (χ2v) is 9.70. The monoisotopic (exact) mass is 426 g/mol. The molecule has 3 aromatic rings. The standard InChI is InChI=1S/C22H26N4O3S/c1-30(27,28)21-13-24-25-22(21)18-8-6-12-26(15-18)14-17-7-2-3-10-20(17)29-16-19-9-4-5-11-23-19/h2-5,7,9-11,13,18H,6,8,12,14-16H2,1H3,(H,24,25)/t18-/m0/s1. The number of nitrogens with zero attached hydrogens (tertiary/aromatic N) is 3. The highest BCUT2D eigenvalue weighted by atomic mass is 32.2. The topological polar surface area (TPSA) is 88.2 Å². The average Bonchev–Trinajstić information content (AvgIpc) is 3.25. The third-order valence-electron chi connectivity index (χ3n) is 5.41. The Bertz CT molecular complexity index is 1080. The Labute approximate surface area is 177 Å². The molecule has 1 fully saturated rings. The third kappa shape index (κ3) is 4.88. The van der Waals surface area contributed by atoms with E-state index in [2.05, 4.69) is 26.1 Å². The molecule has 1 atom stereocenters. The van der Waals surface area contributed by atoms with Gasteiger partial charge in [0.2, 0.25) is 0 Å². The lowest BCUT2D eigenvalue weighted by atomic mass is 9.94. The molecule has 0 spiro atoms. The average molecular weight is 427 g/mol. The minimum Gasteiger partial charge on any atom is -0.487 e. The van der Waals surface area contributed by atoms with Crippen molar-refractivity contribution in [3.05, 3.63) is 71.8 Å². The van der Waals surface area contributed by atoms with Crippen LogP contribution in [0.3, 0.4) is 0 Å². The molecule has 1 saturated heterocycles. The van der Waals surface area contributed by atoms with Crippen LogP contribution in [0.25, 0.3) is 0 Å². The minimum absolute atomic E-state index is 0.118. The van der Waals surface area contributed by atoms with E-state index in [4.69, 9.17) is 4.74 Å². The van der Waals surface area contributed by atoms with Crippen molar-refractivity contribution >= 4 is 9.84 Å². The number of nitrogens with one attached hydrogen (secondary N) is 1. The maximum absolute atomic E-state index is 12.1. The number of aromatic nitrogens is 3. The molecule has 0 radical (unpaired) electrons. The van der Waals surface area contributed by atoms with Gasteiger partial charge in [-0.1, -0.05) is 24.3 Å². The molecule has 158 valence electrons. The zero-order valence-corrected chi connectivity index (χ0v) is 17.8. The van der Waals surface area contributed by atoms with E-state index < -0.39 is 9.84 Å². The smallest absolute Gasteiger partial charge is 0.178 e. The Morgan fingerprint density at radius 1 is 1.20 bits per heavy atom. The van der Waals surface area contributed by atoms with E-state index >= 15 is 0 Å². The normalized spacial score (nSPS) is 17.7. The van der Waals surface area contributed by atoms with Crippen molar-refractivity contribution in [1.82, 2.24) is 20.1 Å². The largest absolute Gasteiger partial charge is 0.487 e. The van der Waals surface area contributed by atoms with Crippen LogP contribution in [0.4, 0.5) is 0 Å². The van der Waals surface area contributed by atoms with Crippen molar-refractivity contribution in [2.45, 2.75) is 36.8 Å². The van der Waals surface area contributed by atoms with Gasteiger partial charge >= 0.3 is 0 Å². The van der Waals surface area contributed by atoms with Gasteiger partial charge in [0, 0.05) is 37.0 Å². The molecule has 1 aromatic carbocycles. The first-order chi connectivity index (χ1) is 14.5. The number of rotatable bonds is 7. The molecule has 0 bridgehead atoms. The van der Waals surface area contributed by atoms with E-state index in [0.717, 1.165) is 55.2 Å². The second-order valence-electron chi connectivity index (χ2n) is 7.71. The number of ether oxygens (including phenoxy) is 1. The van der Waals surface area contributed by atoms with Crippen molar-refractivity contribution in [1.29, 1.82) is 0 Å². The Morgan fingerprint density at radius 3 is 2.83 bits per heavy atom. The van der Waals surface area contributed by atoms with Crippen LogP contribution < -0.4 is 4.74 Å². The third-order valence-corrected chi connectivity index (χ3v) is 6.54. The quantitative estimate of drug-likeness (QED) is 0.624. The van der Waals surface area contributed by atoms with Gasteiger partial charge in [0.1, 0.15) is 17.3 Å². The number of hydrogen-bond acceptors (Lipinski definition) is 6. The lowest BCUT2D eigenvalue weighted by Gasteiger charge is -2.33. The summed E-state index contributed by atoms with van der Waals surface area (Å²) in [4.78, 5) is 6.98. The van der Waals surface area contributed by atoms with E-state index in [9.17, 15) is 8.42 Å². The van der Waals surface area contributed by atoms with E-state index in [0.29, 0.717) is 11.5 Å². The van der Waals surface area contributed by atoms with Crippen LogP contribution in [0.15, 0.2) is 59.8 Å². The fourth-order valence-electron chi connectivity index (χ4n) is 3.96. The molecular weight excluding hydrogens is 400 g/mol. The Morgan fingerprint density at radius 2 is 2.03 bits per heavy atom. The number of pyridine rings is 1. The maximum Gasteiger partial charge on any atom is 0.178 e. The highest BCUT2D eigenvalue weighted by Crippen LogP contribution is 2.31. The summed E-state index contributed by atoms with van der Waals surface area (Å²) in [5.74, 6) is 0.969. The molecule has 0 saturated carbocycles. The van der Waals surface area contributed by atoms with Gasteiger partial charge < -0.3 is 4.74 Å². The van der Waals surface area contributed by atoms with Gasteiger partial charge in [-0.15, -0.1) is 0 Å².